The van der Waals surface area contributed by atoms with Gasteiger partial charge in [0.05, 0.1) is 11.6 Å². The van der Waals surface area contributed by atoms with Crippen molar-refractivity contribution < 1.29 is 5.11 Å². The van der Waals surface area contributed by atoms with Gasteiger partial charge in [0.25, 0.3) is 0 Å². The Hall–Kier alpha value is 0.120. The Kier molecular flexibility index (Phi) is 7.32. The highest BCUT2D eigenvalue weighted by Gasteiger charge is 1.97. The third-order valence-corrected chi connectivity index (χ3v) is 1.79. The minimum atomic E-state index is -0.0479. The molecule has 0 aliphatic rings. The minimum Gasteiger partial charge on any atom is -0.516 e. The highest BCUT2D eigenvalue weighted by molar-refractivity contribution is 6.21. The molecule has 0 amide bonds. The van der Waals surface area contributed by atoms with Crippen molar-refractivity contribution in [1.29, 1.82) is 0 Å². The number of hydrogen-bond acceptors (Lipinski definition) is 1. The zero-order chi connectivity index (χ0) is 7.82. The number of aliphatic hydroxyl groups is 1. The number of aliphatic hydroxyl groups excluding tert-OH is 1. The minimum absolute atomic E-state index is 0.0479. The van der Waals surface area contributed by atoms with E-state index in [1.807, 2.05) is 0 Å². The van der Waals surface area contributed by atoms with Crippen LogP contribution in [0.1, 0.15) is 19.3 Å². The number of halogens is 2. The van der Waals surface area contributed by atoms with Gasteiger partial charge in [-0.1, -0.05) is 6.42 Å². The van der Waals surface area contributed by atoms with Crippen molar-refractivity contribution in [3.63, 3.8) is 0 Å². The largest absolute Gasteiger partial charge is 0.516 e. The molecule has 0 heterocycles. The molecule has 0 aromatic carbocycles. The van der Waals surface area contributed by atoms with Crippen LogP contribution in [0.4, 0.5) is 0 Å². The number of hydrogen-bond donors (Lipinski definition) is 1. The van der Waals surface area contributed by atoms with E-state index in [4.69, 9.17) is 28.3 Å². The van der Waals surface area contributed by atoms with E-state index in [-0.39, 0.29) is 5.38 Å². The maximum absolute atomic E-state index is 8.30. The lowest BCUT2D eigenvalue weighted by Crippen LogP contribution is -1.92. The van der Waals surface area contributed by atoms with Gasteiger partial charge >= 0.3 is 0 Å². The monoisotopic (exact) mass is 182 g/mol. The van der Waals surface area contributed by atoms with Crippen molar-refractivity contribution in [3.05, 3.63) is 12.3 Å². The quantitative estimate of drug-likeness (QED) is 0.394. The van der Waals surface area contributed by atoms with Crippen LogP contribution >= 0.6 is 23.2 Å². The Bertz CT molecular complexity index is 93.6. The van der Waals surface area contributed by atoms with Gasteiger partial charge < -0.3 is 5.11 Å². The lowest BCUT2D eigenvalue weighted by Gasteiger charge is -2.00. The molecule has 1 unspecified atom stereocenters. The summed E-state index contributed by atoms with van der Waals surface area (Å²) in [5.41, 5.74) is 0. The number of rotatable bonds is 5. The van der Waals surface area contributed by atoms with Gasteiger partial charge in [0.1, 0.15) is 0 Å². The smallest absolute Gasteiger partial charge is 0.0766 e. The first-order chi connectivity index (χ1) is 4.81. The molecule has 0 bridgehead atoms. The highest BCUT2D eigenvalue weighted by Crippen LogP contribution is 2.08. The topological polar surface area (TPSA) is 20.2 Å². The third kappa shape index (κ3) is 6.24. The first-order valence-corrected chi connectivity index (χ1v) is 4.29. The lowest BCUT2D eigenvalue weighted by molar-refractivity contribution is 0.470. The summed E-state index contributed by atoms with van der Waals surface area (Å²) in [6, 6.07) is 0. The molecule has 0 rings (SSSR count). The van der Waals surface area contributed by atoms with Crippen molar-refractivity contribution in [2.45, 2.75) is 24.6 Å². The predicted molar refractivity (Wildman–Crippen MR) is 46.0 cm³/mol. The molecule has 60 valence electrons. The Balaban J connectivity index is 3.13. The summed E-state index contributed by atoms with van der Waals surface area (Å²) in [5.74, 6) is 0.687. The maximum atomic E-state index is 8.30. The molecule has 0 radical (unpaired) electrons. The van der Waals surface area contributed by atoms with Gasteiger partial charge in [-0.25, -0.2) is 0 Å². The standard InChI is InChI=1S/C7H12Cl2O/c8-5-2-1-3-7(9)4-6-10/h4,6-7,10H,1-3,5H2. The summed E-state index contributed by atoms with van der Waals surface area (Å²) in [7, 11) is 0. The van der Waals surface area contributed by atoms with E-state index in [1.165, 1.54) is 0 Å². The second kappa shape index (κ2) is 7.23. The van der Waals surface area contributed by atoms with Gasteiger partial charge in [-0.05, 0) is 18.9 Å². The Morgan fingerprint density at radius 2 is 2.10 bits per heavy atom. The second-order valence-corrected chi connectivity index (χ2v) is 2.98. The zero-order valence-corrected chi connectivity index (χ0v) is 7.28. The van der Waals surface area contributed by atoms with E-state index in [1.54, 1.807) is 6.08 Å². The van der Waals surface area contributed by atoms with E-state index in [0.717, 1.165) is 25.5 Å². The van der Waals surface area contributed by atoms with Gasteiger partial charge in [-0.15, -0.1) is 23.2 Å². The molecular formula is C7H12Cl2O. The van der Waals surface area contributed by atoms with Crippen molar-refractivity contribution in [1.82, 2.24) is 0 Å². The summed E-state index contributed by atoms with van der Waals surface area (Å²) in [6.45, 7) is 0. The van der Waals surface area contributed by atoms with Crippen molar-refractivity contribution in [2.75, 3.05) is 5.88 Å². The van der Waals surface area contributed by atoms with E-state index in [9.17, 15) is 0 Å². The number of alkyl halides is 2. The normalized spacial score (nSPS) is 14.2. The molecule has 1 N–H and O–H groups in total. The number of unbranched alkanes of at least 4 members (excludes halogenated alkanes) is 1. The van der Waals surface area contributed by atoms with E-state index < -0.39 is 0 Å². The van der Waals surface area contributed by atoms with E-state index >= 15 is 0 Å². The van der Waals surface area contributed by atoms with Gasteiger partial charge in [0.15, 0.2) is 0 Å². The third-order valence-electron chi connectivity index (χ3n) is 1.16. The molecule has 3 heteroatoms. The predicted octanol–water partition coefficient (Wildman–Crippen LogP) is 3.07. The Morgan fingerprint density at radius 3 is 2.60 bits per heavy atom. The van der Waals surface area contributed by atoms with E-state index in [0.29, 0.717) is 5.88 Å². The SMILES string of the molecule is OC=CC(Cl)CCCCCl. The van der Waals surface area contributed by atoms with Crippen molar-refractivity contribution >= 4 is 23.2 Å². The van der Waals surface area contributed by atoms with Crippen LogP contribution in [-0.2, 0) is 0 Å². The molecule has 0 aromatic rings. The summed E-state index contributed by atoms with van der Waals surface area (Å²) in [5, 5.41) is 8.25. The van der Waals surface area contributed by atoms with Crippen LogP contribution in [0.2, 0.25) is 0 Å². The Labute approximate surface area is 71.6 Å². The van der Waals surface area contributed by atoms with Crippen LogP contribution in [0.15, 0.2) is 12.3 Å². The second-order valence-electron chi connectivity index (χ2n) is 2.04. The molecule has 0 saturated heterocycles. The molecule has 0 aromatic heterocycles. The maximum Gasteiger partial charge on any atom is 0.0766 e. The number of allylic oxidation sites excluding steroid dienone is 1. The van der Waals surface area contributed by atoms with Crippen LogP contribution in [0.25, 0.3) is 0 Å². The molecule has 1 nitrogen and oxygen atoms in total. The van der Waals surface area contributed by atoms with Crippen LogP contribution < -0.4 is 0 Å². The average molecular weight is 183 g/mol. The van der Waals surface area contributed by atoms with Gasteiger partial charge in [0, 0.05) is 5.88 Å². The fourth-order valence-corrected chi connectivity index (χ4v) is 1.03. The van der Waals surface area contributed by atoms with Gasteiger partial charge in [-0.3, -0.25) is 0 Å². The molecule has 0 spiro atoms. The molecule has 1 atom stereocenters. The average Bonchev–Trinajstić information content (AvgIpc) is 1.89. The van der Waals surface area contributed by atoms with E-state index in [2.05, 4.69) is 0 Å². The van der Waals surface area contributed by atoms with Crippen molar-refractivity contribution in [2.24, 2.45) is 0 Å². The highest BCUT2D eigenvalue weighted by atomic mass is 35.5. The summed E-state index contributed by atoms with van der Waals surface area (Å²) in [6.07, 6.45) is 5.44. The van der Waals surface area contributed by atoms with Crippen LogP contribution in [0.3, 0.4) is 0 Å². The molecule has 10 heavy (non-hydrogen) atoms. The molecule has 0 fully saturated rings. The fourth-order valence-electron chi connectivity index (χ4n) is 0.623. The molecule has 0 aliphatic carbocycles. The molecule has 0 aliphatic heterocycles. The lowest BCUT2D eigenvalue weighted by atomic mass is 10.2. The Morgan fingerprint density at radius 1 is 1.40 bits per heavy atom. The van der Waals surface area contributed by atoms with Gasteiger partial charge in [0.2, 0.25) is 0 Å². The summed E-state index contributed by atoms with van der Waals surface area (Å²) >= 11 is 11.2. The van der Waals surface area contributed by atoms with Crippen LogP contribution in [0, 0.1) is 0 Å². The zero-order valence-electron chi connectivity index (χ0n) is 5.76. The summed E-state index contributed by atoms with van der Waals surface area (Å²) in [4.78, 5) is 0. The van der Waals surface area contributed by atoms with Crippen LogP contribution in [-0.4, -0.2) is 16.4 Å². The first kappa shape index (κ1) is 10.1. The van der Waals surface area contributed by atoms with Crippen molar-refractivity contribution in [3.8, 4) is 0 Å². The molecule has 0 saturated carbocycles. The summed E-state index contributed by atoms with van der Waals surface area (Å²) < 4.78 is 0. The molecular weight excluding hydrogens is 171 g/mol. The fraction of sp³-hybridized carbons (Fsp3) is 0.714. The van der Waals surface area contributed by atoms with Crippen LogP contribution in [0.5, 0.6) is 0 Å². The van der Waals surface area contributed by atoms with Gasteiger partial charge in [-0.2, -0.15) is 0 Å². The first-order valence-electron chi connectivity index (χ1n) is 3.32.